The third-order valence-corrected chi connectivity index (χ3v) is 7.43. The number of nitrogens with zero attached hydrogens (tertiary/aromatic N) is 3. The Morgan fingerprint density at radius 2 is 1.82 bits per heavy atom. The molecule has 1 amide bonds. The maximum Gasteiger partial charge on any atom is 0.252 e. The highest BCUT2D eigenvalue weighted by atomic mass is 35.5. The standard InChI is InChI=1S/C19H31ClN4O3S/c1-4-24(5-2)28(26,27)16-7-8-18(20)17(15-16)19(25)21-9-6-10-23-13-11-22(3)12-14-23/h7-8,15H,4-6,9-14H2,1-3H3,(H,21,25). The van der Waals surface area contributed by atoms with Gasteiger partial charge < -0.3 is 15.1 Å². The Kier molecular flexibility index (Phi) is 8.70. The summed E-state index contributed by atoms with van der Waals surface area (Å²) in [6.07, 6.45) is 0.838. The molecule has 0 bridgehead atoms. The van der Waals surface area contributed by atoms with Crippen LogP contribution in [-0.4, -0.2) is 87.8 Å². The number of nitrogens with one attached hydrogen (secondary N) is 1. The second-order valence-corrected chi connectivity index (χ2v) is 9.33. The van der Waals surface area contributed by atoms with Crippen molar-refractivity contribution < 1.29 is 13.2 Å². The first-order chi connectivity index (χ1) is 13.3. The van der Waals surface area contributed by atoms with Crippen LogP contribution >= 0.6 is 11.6 Å². The molecule has 1 aromatic rings. The van der Waals surface area contributed by atoms with Crippen LogP contribution in [0.2, 0.25) is 5.02 Å². The van der Waals surface area contributed by atoms with Crippen molar-refractivity contribution in [2.45, 2.75) is 25.2 Å². The van der Waals surface area contributed by atoms with E-state index in [0.29, 0.717) is 19.6 Å². The van der Waals surface area contributed by atoms with E-state index < -0.39 is 10.0 Å². The van der Waals surface area contributed by atoms with Gasteiger partial charge in [0, 0.05) is 45.8 Å². The topological polar surface area (TPSA) is 73.0 Å². The Balaban J connectivity index is 1.95. The van der Waals surface area contributed by atoms with Crippen molar-refractivity contribution in [2.75, 3.05) is 59.4 Å². The number of sulfonamides is 1. The predicted molar refractivity (Wildman–Crippen MR) is 112 cm³/mol. The number of hydrogen-bond donors (Lipinski definition) is 1. The third kappa shape index (κ3) is 5.90. The summed E-state index contributed by atoms with van der Waals surface area (Å²) in [7, 11) is -1.51. The Hall–Kier alpha value is -1.19. The number of likely N-dealkylation sites (N-methyl/N-ethyl adjacent to an activating group) is 1. The van der Waals surface area contributed by atoms with Crippen molar-refractivity contribution in [2.24, 2.45) is 0 Å². The molecule has 0 saturated carbocycles. The van der Waals surface area contributed by atoms with E-state index in [1.165, 1.54) is 22.5 Å². The quantitative estimate of drug-likeness (QED) is 0.604. The van der Waals surface area contributed by atoms with Crippen LogP contribution in [0.3, 0.4) is 0 Å². The van der Waals surface area contributed by atoms with Gasteiger partial charge in [-0.2, -0.15) is 4.31 Å². The van der Waals surface area contributed by atoms with E-state index in [0.717, 1.165) is 39.1 Å². The summed E-state index contributed by atoms with van der Waals surface area (Å²) in [6, 6.07) is 4.28. The monoisotopic (exact) mass is 430 g/mol. The molecule has 7 nitrogen and oxygen atoms in total. The van der Waals surface area contributed by atoms with Crippen LogP contribution in [0.4, 0.5) is 0 Å². The summed E-state index contributed by atoms with van der Waals surface area (Å²) in [5.41, 5.74) is 0.189. The van der Waals surface area contributed by atoms with Crippen molar-refractivity contribution in [3.63, 3.8) is 0 Å². The van der Waals surface area contributed by atoms with Gasteiger partial charge in [-0.15, -0.1) is 0 Å². The van der Waals surface area contributed by atoms with Gasteiger partial charge in [-0.25, -0.2) is 8.42 Å². The molecule has 1 aliphatic rings. The lowest BCUT2D eigenvalue weighted by Crippen LogP contribution is -2.45. The van der Waals surface area contributed by atoms with Crippen LogP contribution < -0.4 is 5.32 Å². The summed E-state index contributed by atoms with van der Waals surface area (Å²) in [4.78, 5) is 17.3. The fraction of sp³-hybridized carbons (Fsp3) is 0.632. The molecule has 1 heterocycles. The fourth-order valence-electron chi connectivity index (χ4n) is 3.22. The van der Waals surface area contributed by atoms with E-state index in [4.69, 9.17) is 11.6 Å². The number of halogens is 1. The maximum absolute atomic E-state index is 12.7. The lowest BCUT2D eigenvalue weighted by Gasteiger charge is -2.32. The Morgan fingerprint density at radius 1 is 1.18 bits per heavy atom. The highest BCUT2D eigenvalue weighted by Crippen LogP contribution is 2.23. The number of hydrogen-bond acceptors (Lipinski definition) is 5. The molecule has 0 aliphatic carbocycles. The van der Waals surface area contributed by atoms with Gasteiger partial charge in [0.25, 0.3) is 5.91 Å². The molecule has 1 aliphatic heterocycles. The van der Waals surface area contributed by atoms with Crippen LogP contribution in [0, 0.1) is 0 Å². The largest absolute Gasteiger partial charge is 0.352 e. The molecular weight excluding hydrogens is 400 g/mol. The summed E-state index contributed by atoms with van der Waals surface area (Å²) in [5.74, 6) is -0.347. The molecule has 9 heteroatoms. The van der Waals surface area contributed by atoms with Gasteiger partial charge in [0.2, 0.25) is 10.0 Å². The zero-order valence-electron chi connectivity index (χ0n) is 16.9. The maximum atomic E-state index is 12.7. The van der Waals surface area contributed by atoms with Crippen molar-refractivity contribution in [3.05, 3.63) is 28.8 Å². The number of rotatable bonds is 9. The highest BCUT2D eigenvalue weighted by molar-refractivity contribution is 7.89. The molecule has 1 N–H and O–H groups in total. The van der Waals surface area contributed by atoms with E-state index in [-0.39, 0.29) is 21.4 Å². The van der Waals surface area contributed by atoms with Crippen LogP contribution in [0.15, 0.2) is 23.1 Å². The molecule has 0 atom stereocenters. The summed E-state index contributed by atoms with van der Waals surface area (Å²) < 4.78 is 26.7. The zero-order chi connectivity index (χ0) is 20.7. The van der Waals surface area contributed by atoms with Gasteiger partial charge in [-0.3, -0.25) is 4.79 Å². The molecule has 0 radical (unpaired) electrons. The Morgan fingerprint density at radius 3 is 2.43 bits per heavy atom. The lowest BCUT2D eigenvalue weighted by atomic mass is 10.2. The Bertz CT molecular complexity index is 760. The normalized spacial score (nSPS) is 16.5. The van der Waals surface area contributed by atoms with Gasteiger partial charge in [-0.1, -0.05) is 25.4 Å². The first kappa shape index (κ1) is 23.1. The number of carbonyl (C=O) groups excluding carboxylic acids is 1. The minimum absolute atomic E-state index is 0.0863. The van der Waals surface area contributed by atoms with Gasteiger partial charge in [0.1, 0.15) is 0 Å². The smallest absolute Gasteiger partial charge is 0.252 e. The molecule has 158 valence electrons. The van der Waals surface area contributed by atoms with Crippen LogP contribution in [0.5, 0.6) is 0 Å². The summed E-state index contributed by atoms with van der Waals surface area (Å²) >= 11 is 6.15. The minimum Gasteiger partial charge on any atom is -0.352 e. The van der Waals surface area contributed by atoms with Crippen molar-refractivity contribution in [3.8, 4) is 0 Å². The van der Waals surface area contributed by atoms with E-state index in [1.54, 1.807) is 13.8 Å². The number of amides is 1. The molecule has 1 saturated heterocycles. The zero-order valence-corrected chi connectivity index (χ0v) is 18.5. The SMILES string of the molecule is CCN(CC)S(=O)(=O)c1ccc(Cl)c(C(=O)NCCCN2CCN(C)CC2)c1. The second-order valence-electron chi connectivity index (χ2n) is 6.99. The average molecular weight is 431 g/mol. The highest BCUT2D eigenvalue weighted by Gasteiger charge is 2.23. The van der Waals surface area contributed by atoms with Gasteiger partial charge in [0.05, 0.1) is 15.5 Å². The van der Waals surface area contributed by atoms with Gasteiger partial charge >= 0.3 is 0 Å². The van der Waals surface area contributed by atoms with Crippen LogP contribution in [0.1, 0.15) is 30.6 Å². The predicted octanol–water partition coefficient (Wildman–Crippen LogP) is 1.74. The molecule has 2 rings (SSSR count). The Labute approximate surface area is 173 Å². The molecular formula is C19H31ClN4O3S. The molecule has 0 unspecified atom stereocenters. The minimum atomic E-state index is -3.63. The van der Waals surface area contributed by atoms with Crippen LogP contribution in [-0.2, 0) is 10.0 Å². The molecule has 1 fully saturated rings. The van der Waals surface area contributed by atoms with Crippen molar-refractivity contribution in [1.82, 2.24) is 19.4 Å². The summed E-state index contributed by atoms with van der Waals surface area (Å²) in [5, 5.41) is 3.10. The first-order valence-corrected chi connectivity index (χ1v) is 11.6. The molecule has 1 aromatic carbocycles. The van der Waals surface area contributed by atoms with Gasteiger partial charge in [-0.05, 0) is 38.2 Å². The number of benzene rings is 1. The number of piperazine rings is 1. The third-order valence-electron chi connectivity index (χ3n) is 5.06. The second kappa shape index (κ2) is 10.5. The molecule has 28 heavy (non-hydrogen) atoms. The lowest BCUT2D eigenvalue weighted by molar-refractivity contribution is 0.0949. The van der Waals surface area contributed by atoms with E-state index in [1.807, 2.05) is 0 Å². The summed E-state index contributed by atoms with van der Waals surface area (Å²) in [6.45, 7) is 9.97. The van der Waals surface area contributed by atoms with E-state index >= 15 is 0 Å². The molecule has 0 aromatic heterocycles. The van der Waals surface area contributed by atoms with Crippen molar-refractivity contribution >= 4 is 27.5 Å². The molecule has 0 spiro atoms. The van der Waals surface area contributed by atoms with Crippen LogP contribution in [0.25, 0.3) is 0 Å². The first-order valence-electron chi connectivity index (χ1n) is 9.78. The number of carbonyl (C=O) groups is 1. The average Bonchev–Trinajstić information content (AvgIpc) is 2.67. The fourth-order valence-corrected chi connectivity index (χ4v) is 4.91. The van der Waals surface area contributed by atoms with Crippen molar-refractivity contribution in [1.29, 1.82) is 0 Å². The van der Waals surface area contributed by atoms with E-state index in [9.17, 15) is 13.2 Å². The van der Waals surface area contributed by atoms with E-state index in [2.05, 4.69) is 22.2 Å². The van der Waals surface area contributed by atoms with Gasteiger partial charge in [0.15, 0.2) is 0 Å².